The Hall–Kier alpha value is -2.66. The van der Waals surface area contributed by atoms with Gasteiger partial charge in [0, 0.05) is 34.2 Å². The molecule has 6 heteroatoms. The lowest BCUT2D eigenvalue weighted by atomic mass is 10.1. The molecule has 2 aromatic heterocycles. The number of rotatable bonds is 3. The molecule has 2 heterocycles. The highest BCUT2D eigenvalue weighted by atomic mass is 35.5. The zero-order valence-electron chi connectivity index (χ0n) is 11.6. The van der Waals surface area contributed by atoms with Crippen LogP contribution in [0.5, 0.6) is 0 Å². The summed E-state index contributed by atoms with van der Waals surface area (Å²) in [6, 6.07) is 16.1. The largest absolute Gasteiger partial charge is 0.343 e. The fourth-order valence-corrected chi connectivity index (χ4v) is 2.81. The Morgan fingerprint density at radius 2 is 2.05 bits per heavy atom. The van der Waals surface area contributed by atoms with Crippen molar-refractivity contribution in [3.05, 3.63) is 65.3 Å². The minimum absolute atomic E-state index is 0.601. The van der Waals surface area contributed by atoms with Crippen molar-refractivity contribution < 1.29 is 0 Å². The summed E-state index contributed by atoms with van der Waals surface area (Å²) in [4.78, 5) is 0. The standard InChI is InChI=1S/C16H12ClN5/c17-14-3-1-2-11(8-14)10-22-7-6-12-9-13(4-5-15(12)22)16-18-20-21-19-16/h1-9H,10H2,(H,18,19,20,21). The van der Waals surface area contributed by atoms with Crippen LogP contribution in [0.3, 0.4) is 0 Å². The van der Waals surface area contributed by atoms with E-state index in [4.69, 9.17) is 11.6 Å². The van der Waals surface area contributed by atoms with Gasteiger partial charge in [-0.1, -0.05) is 23.7 Å². The quantitative estimate of drug-likeness (QED) is 0.630. The van der Waals surface area contributed by atoms with Gasteiger partial charge < -0.3 is 4.57 Å². The average Bonchev–Trinajstić information content (AvgIpc) is 3.17. The summed E-state index contributed by atoms with van der Waals surface area (Å²) in [5.74, 6) is 0.601. The molecular formula is C16H12ClN5. The Labute approximate surface area is 131 Å². The van der Waals surface area contributed by atoms with E-state index in [1.54, 1.807) is 0 Å². The highest BCUT2D eigenvalue weighted by Crippen LogP contribution is 2.23. The summed E-state index contributed by atoms with van der Waals surface area (Å²) in [7, 11) is 0. The van der Waals surface area contributed by atoms with Gasteiger partial charge in [-0.3, -0.25) is 0 Å². The van der Waals surface area contributed by atoms with Crippen molar-refractivity contribution in [2.45, 2.75) is 6.54 Å². The van der Waals surface area contributed by atoms with Crippen LogP contribution in [0.1, 0.15) is 5.56 Å². The maximum absolute atomic E-state index is 6.05. The number of nitrogens with one attached hydrogen (secondary N) is 1. The Balaban J connectivity index is 1.71. The molecule has 22 heavy (non-hydrogen) atoms. The highest BCUT2D eigenvalue weighted by molar-refractivity contribution is 6.30. The van der Waals surface area contributed by atoms with E-state index in [0.717, 1.165) is 28.0 Å². The van der Waals surface area contributed by atoms with Crippen molar-refractivity contribution in [3.8, 4) is 11.4 Å². The Kier molecular flexibility index (Phi) is 3.12. The molecule has 0 spiro atoms. The van der Waals surface area contributed by atoms with Gasteiger partial charge in [-0.25, -0.2) is 0 Å². The van der Waals surface area contributed by atoms with E-state index in [0.29, 0.717) is 5.82 Å². The highest BCUT2D eigenvalue weighted by Gasteiger charge is 2.07. The normalized spacial score (nSPS) is 11.1. The first kappa shape index (κ1) is 13.0. The molecule has 0 aliphatic rings. The number of nitrogens with zero attached hydrogens (tertiary/aromatic N) is 4. The molecule has 0 amide bonds. The minimum Gasteiger partial charge on any atom is -0.343 e. The first-order valence-corrected chi connectivity index (χ1v) is 7.24. The zero-order chi connectivity index (χ0) is 14.9. The molecule has 4 rings (SSSR count). The van der Waals surface area contributed by atoms with Gasteiger partial charge in [-0.2, -0.15) is 5.21 Å². The Bertz CT molecular complexity index is 927. The number of H-pyrrole nitrogens is 1. The third-order valence-electron chi connectivity index (χ3n) is 3.62. The average molecular weight is 310 g/mol. The molecule has 0 saturated heterocycles. The summed E-state index contributed by atoms with van der Waals surface area (Å²) in [6.45, 7) is 0.783. The lowest BCUT2D eigenvalue weighted by Gasteiger charge is -2.06. The maximum Gasteiger partial charge on any atom is 0.204 e. The fourth-order valence-electron chi connectivity index (χ4n) is 2.59. The minimum atomic E-state index is 0.601. The van der Waals surface area contributed by atoms with Gasteiger partial charge in [0.2, 0.25) is 5.82 Å². The van der Waals surface area contributed by atoms with E-state index >= 15 is 0 Å². The SMILES string of the molecule is Clc1cccc(Cn2ccc3cc(-c4nn[nH]n4)ccc32)c1. The lowest BCUT2D eigenvalue weighted by molar-refractivity contribution is 0.837. The first-order chi connectivity index (χ1) is 10.8. The molecule has 2 aromatic carbocycles. The van der Waals surface area contributed by atoms with Crippen LogP contribution in [0.15, 0.2) is 54.7 Å². The molecule has 4 aromatic rings. The lowest BCUT2D eigenvalue weighted by Crippen LogP contribution is -1.97. The van der Waals surface area contributed by atoms with Crippen LogP contribution in [0, 0.1) is 0 Å². The number of aromatic amines is 1. The third kappa shape index (κ3) is 2.35. The number of halogens is 1. The van der Waals surface area contributed by atoms with E-state index in [9.17, 15) is 0 Å². The van der Waals surface area contributed by atoms with Crippen molar-refractivity contribution >= 4 is 22.5 Å². The van der Waals surface area contributed by atoms with Crippen LogP contribution in [0.2, 0.25) is 5.02 Å². The van der Waals surface area contributed by atoms with Crippen molar-refractivity contribution in [2.24, 2.45) is 0 Å². The van der Waals surface area contributed by atoms with Gasteiger partial charge >= 0.3 is 0 Å². The topological polar surface area (TPSA) is 59.4 Å². The second kappa shape index (κ2) is 5.27. The molecule has 108 valence electrons. The molecule has 0 bridgehead atoms. The first-order valence-electron chi connectivity index (χ1n) is 6.87. The Morgan fingerprint density at radius 3 is 2.86 bits per heavy atom. The van der Waals surface area contributed by atoms with Crippen LogP contribution in [-0.4, -0.2) is 25.2 Å². The fraction of sp³-hybridized carbons (Fsp3) is 0.0625. The van der Waals surface area contributed by atoms with Gasteiger partial charge in [-0.05, 0) is 47.2 Å². The van der Waals surface area contributed by atoms with Crippen molar-refractivity contribution in [1.29, 1.82) is 0 Å². The van der Waals surface area contributed by atoms with Crippen LogP contribution >= 0.6 is 11.6 Å². The van der Waals surface area contributed by atoms with Crippen LogP contribution in [0.4, 0.5) is 0 Å². The number of hydrogen-bond acceptors (Lipinski definition) is 3. The number of benzene rings is 2. The van der Waals surface area contributed by atoms with Crippen molar-refractivity contribution in [2.75, 3.05) is 0 Å². The van der Waals surface area contributed by atoms with E-state index in [1.807, 2.05) is 24.3 Å². The summed E-state index contributed by atoms with van der Waals surface area (Å²) in [5, 5.41) is 16.0. The van der Waals surface area contributed by atoms with E-state index in [2.05, 4.69) is 55.7 Å². The second-order valence-electron chi connectivity index (χ2n) is 5.08. The summed E-state index contributed by atoms with van der Waals surface area (Å²) >= 11 is 6.05. The molecule has 0 unspecified atom stereocenters. The molecule has 0 radical (unpaired) electrons. The van der Waals surface area contributed by atoms with Crippen LogP contribution < -0.4 is 0 Å². The third-order valence-corrected chi connectivity index (χ3v) is 3.85. The summed E-state index contributed by atoms with van der Waals surface area (Å²) in [5.41, 5.74) is 3.28. The molecule has 1 N–H and O–H groups in total. The predicted molar refractivity (Wildman–Crippen MR) is 85.7 cm³/mol. The summed E-state index contributed by atoms with van der Waals surface area (Å²) in [6.07, 6.45) is 2.07. The molecule has 5 nitrogen and oxygen atoms in total. The van der Waals surface area contributed by atoms with Gasteiger partial charge in [0.1, 0.15) is 0 Å². The molecule has 0 saturated carbocycles. The van der Waals surface area contributed by atoms with E-state index < -0.39 is 0 Å². The van der Waals surface area contributed by atoms with Crippen LogP contribution in [-0.2, 0) is 6.54 Å². The van der Waals surface area contributed by atoms with Crippen molar-refractivity contribution in [3.63, 3.8) is 0 Å². The summed E-state index contributed by atoms with van der Waals surface area (Å²) < 4.78 is 2.20. The van der Waals surface area contributed by atoms with E-state index in [-0.39, 0.29) is 0 Å². The van der Waals surface area contributed by atoms with Crippen molar-refractivity contribution in [1.82, 2.24) is 25.2 Å². The van der Waals surface area contributed by atoms with E-state index in [1.165, 1.54) is 5.56 Å². The van der Waals surface area contributed by atoms with Gasteiger partial charge in [0.15, 0.2) is 0 Å². The zero-order valence-corrected chi connectivity index (χ0v) is 12.3. The van der Waals surface area contributed by atoms with Crippen LogP contribution in [0.25, 0.3) is 22.3 Å². The molecule has 0 fully saturated rings. The second-order valence-corrected chi connectivity index (χ2v) is 5.52. The maximum atomic E-state index is 6.05. The van der Waals surface area contributed by atoms with Gasteiger partial charge in [-0.15, -0.1) is 10.2 Å². The monoisotopic (exact) mass is 309 g/mol. The molecule has 0 aliphatic heterocycles. The molecule has 0 atom stereocenters. The number of tetrazole rings is 1. The molecule has 0 aliphatic carbocycles. The number of hydrogen-bond donors (Lipinski definition) is 1. The smallest absolute Gasteiger partial charge is 0.204 e. The van der Waals surface area contributed by atoms with Gasteiger partial charge in [0.05, 0.1) is 0 Å². The molecular weight excluding hydrogens is 298 g/mol. The predicted octanol–water partition coefficient (Wildman–Crippen LogP) is 3.52. The number of fused-ring (bicyclic) bond motifs is 1. The number of aromatic nitrogens is 5. The Morgan fingerprint density at radius 1 is 1.09 bits per heavy atom. The van der Waals surface area contributed by atoms with Gasteiger partial charge in [0.25, 0.3) is 0 Å².